The number of aliphatic carboxylic acids is 1. The molecule has 3 aromatic rings. The predicted molar refractivity (Wildman–Crippen MR) is 145 cm³/mol. The van der Waals surface area contributed by atoms with E-state index in [9.17, 15) is 15.0 Å². The summed E-state index contributed by atoms with van der Waals surface area (Å²) >= 11 is 14.1. The second-order valence-corrected chi connectivity index (χ2v) is 11.0. The van der Waals surface area contributed by atoms with Gasteiger partial charge in [0.15, 0.2) is 0 Å². The van der Waals surface area contributed by atoms with Gasteiger partial charge in [0.05, 0.1) is 34.7 Å². The lowest BCUT2D eigenvalue weighted by Gasteiger charge is -2.37. The maximum absolute atomic E-state index is 12.1. The third-order valence-corrected chi connectivity index (χ3v) is 8.85. The molecule has 1 saturated heterocycles. The number of carboxylic acid groups (broad SMARTS) is 1. The summed E-state index contributed by atoms with van der Waals surface area (Å²) < 4.78 is 5.33. The van der Waals surface area contributed by atoms with Gasteiger partial charge in [0, 0.05) is 35.3 Å². The molecule has 0 bridgehead atoms. The first kappa shape index (κ1) is 27.0. The van der Waals surface area contributed by atoms with E-state index in [4.69, 9.17) is 27.9 Å². The number of thioether (sulfide) groups is 1. The molecule has 2 aromatic carbocycles. The zero-order chi connectivity index (χ0) is 25.7. The van der Waals surface area contributed by atoms with Gasteiger partial charge in [-0.25, -0.2) is 0 Å². The Morgan fingerprint density at radius 3 is 2.75 bits per heavy atom. The molecule has 0 saturated carbocycles. The number of carboxylic acids is 1. The van der Waals surface area contributed by atoms with Crippen LogP contribution < -0.4 is 4.74 Å². The number of halogens is 2. The van der Waals surface area contributed by atoms with Crippen molar-refractivity contribution in [3.63, 3.8) is 0 Å². The van der Waals surface area contributed by atoms with Gasteiger partial charge < -0.3 is 19.8 Å². The van der Waals surface area contributed by atoms with Crippen LogP contribution in [0.3, 0.4) is 0 Å². The zero-order valence-corrected chi connectivity index (χ0v) is 22.4. The highest BCUT2D eigenvalue weighted by Crippen LogP contribution is 2.36. The summed E-state index contributed by atoms with van der Waals surface area (Å²) in [6.45, 7) is 2.09. The maximum atomic E-state index is 12.1. The molecule has 1 aliphatic heterocycles. The Hall–Kier alpha value is -2.03. The molecule has 0 radical (unpaired) electrons. The summed E-state index contributed by atoms with van der Waals surface area (Å²) in [6.07, 6.45) is 2.91. The Balaban J connectivity index is 1.34. The topological polar surface area (TPSA) is 82.9 Å². The number of aliphatic hydroxyl groups excluding tert-OH is 1. The summed E-state index contributed by atoms with van der Waals surface area (Å²) in [5.41, 5.74) is 1.58. The molecular formula is C27H30Cl2N2O4S. The number of nitrogens with zero attached hydrogens (tertiary/aromatic N) is 2. The Morgan fingerprint density at radius 2 is 2.03 bits per heavy atom. The number of likely N-dealkylation sites (tertiary alicyclic amines) is 1. The number of ether oxygens (including phenoxy) is 1. The number of hydrogen-bond acceptors (Lipinski definition) is 6. The molecule has 9 heteroatoms. The fraction of sp³-hybridized carbons (Fsp3) is 0.407. The van der Waals surface area contributed by atoms with E-state index in [1.165, 1.54) is 0 Å². The van der Waals surface area contributed by atoms with Crippen LogP contribution in [0.2, 0.25) is 10.0 Å². The van der Waals surface area contributed by atoms with Crippen molar-refractivity contribution in [1.29, 1.82) is 0 Å². The lowest BCUT2D eigenvalue weighted by atomic mass is 9.81. The van der Waals surface area contributed by atoms with Crippen LogP contribution in [0.5, 0.6) is 5.75 Å². The van der Waals surface area contributed by atoms with Crippen molar-refractivity contribution < 1.29 is 19.7 Å². The average molecular weight is 550 g/mol. The molecule has 1 aromatic heterocycles. The largest absolute Gasteiger partial charge is 0.497 e. The fourth-order valence-electron chi connectivity index (χ4n) is 4.89. The third kappa shape index (κ3) is 6.45. The first-order chi connectivity index (χ1) is 17.4. The standard InChI is InChI=1S/C27H30Cl2N2O4S/c1-35-18-6-7-24-20(15-18)19(9-11-30-24)25(32)8-5-17-10-12-31(16-21(17)27(33)34)13-14-36-26-22(28)3-2-4-23(26)29/h2-4,6-7,9,11,15,17,21,25,32H,5,8,10,12-14,16H2,1H3,(H,33,34)/t17-,21+,25+/m1/s1. The van der Waals surface area contributed by atoms with E-state index in [1.807, 2.05) is 42.5 Å². The van der Waals surface area contributed by atoms with Crippen LogP contribution in [0.25, 0.3) is 10.9 Å². The number of rotatable bonds is 10. The highest BCUT2D eigenvalue weighted by molar-refractivity contribution is 7.99. The van der Waals surface area contributed by atoms with Gasteiger partial charge in [-0.3, -0.25) is 9.78 Å². The second kappa shape index (κ2) is 12.5. The summed E-state index contributed by atoms with van der Waals surface area (Å²) in [7, 11) is 1.61. The first-order valence-corrected chi connectivity index (χ1v) is 13.7. The monoisotopic (exact) mass is 548 g/mol. The van der Waals surface area contributed by atoms with E-state index >= 15 is 0 Å². The van der Waals surface area contributed by atoms with Crippen molar-refractivity contribution >= 4 is 51.8 Å². The van der Waals surface area contributed by atoms with E-state index in [0.717, 1.165) is 46.6 Å². The molecule has 4 rings (SSSR count). The highest BCUT2D eigenvalue weighted by Gasteiger charge is 2.34. The number of aliphatic hydroxyl groups is 1. The fourth-order valence-corrected chi connectivity index (χ4v) is 6.58. The van der Waals surface area contributed by atoms with Crippen molar-refractivity contribution in [2.75, 3.05) is 32.5 Å². The van der Waals surface area contributed by atoms with Crippen LogP contribution in [0.15, 0.2) is 53.6 Å². The number of pyridine rings is 1. The lowest BCUT2D eigenvalue weighted by molar-refractivity contribution is -0.146. The van der Waals surface area contributed by atoms with Gasteiger partial charge in [0.2, 0.25) is 0 Å². The Bertz CT molecular complexity index is 1190. The quantitative estimate of drug-likeness (QED) is 0.292. The summed E-state index contributed by atoms with van der Waals surface area (Å²) in [5.74, 6) is 0.255. The number of piperidine rings is 1. The van der Waals surface area contributed by atoms with Crippen LogP contribution in [-0.4, -0.2) is 58.6 Å². The van der Waals surface area contributed by atoms with Crippen molar-refractivity contribution in [3.05, 3.63) is 64.3 Å². The number of methoxy groups -OCH3 is 1. The first-order valence-electron chi connectivity index (χ1n) is 12.0. The Labute approximate surface area is 225 Å². The minimum atomic E-state index is -0.778. The van der Waals surface area contributed by atoms with Crippen LogP contribution >= 0.6 is 35.0 Å². The number of aromatic nitrogens is 1. The van der Waals surface area contributed by atoms with E-state index in [0.29, 0.717) is 35.2 Å². The third-order valence-electron chi connectivity index (χ3n) is 6.88. The van der Waals surface area contributed by atoms with Gasteiger partial charge in [-0.2, -0.15) is 0 Å². The smallest absolute Gasteiger partial charge is 0.308 e. The molecule has 0 aliphatic carbocycles. The molecule has 0 spiro atoms. The lowest BCUT2D eigenvalue weighted by Crippen LogP contribution is -2.44. The van der Waals surface area contributed by atoms with Gasteiger partial charge in [-0.05, 0) is 73.7 Å². The number of benzene rings is 2. The number of hydrogen-bond donors (Lipinski definition) is 2. The van der Waals surface area contributed by atoms with Crippen molar-refractivity contribution in [3.8, 4) is 5.75 Å². The van der Waals surface area contributed by atoms with Gasteiger partial charge in [-0.1, -0.05) is 29.3 Å². The molecule has 1 fully saturated rings. The summed E-state index contributed by atoms with van der Waals surface area (Å²) in [5, 5.41) is 23.1. The summed E-state index contributed by atoms with van der Waals surface area (Å²) in [4.78, 5) is 19.5. The van der Waals surface area contributed by atoms with Crippen LogP contribution in [-0.2, 0) is 4.79 Å². The number of carbonyl (C=O) groups is 1. The van der Waals surface area contributed by atoms with Gasteiger partial charge in [-0.15, -0.1) is 11.8 Å². The van der Waals surface area contributed by atoms with Gasteiger partial charge in [0.1, 0.15) is 5.75 Å². The molecule has 3 atom stereocenters. The van der Waals surface area contributed by atoms with Gasteiger partial charge in [0.25, 0.3) is 0 Å². The van der Waals surface area contributed by atoms with Crippen molar-refractivity contribution in [2.45, 2.75) is 30.3 Å². The molecule has 192 valence electrons. The zero-order valence-electron chi connectivity index (χ0n) is 20.1. The SMILES string of the molecule is COc1ccc2nccc([C@@H](O)CC[C@@H]3CCN(CCSc4c(Cl)cccc4Cl)C[C@@H]3C(=O)O)c2c1. The van der Waals surface area contributed by atoms with Crippen molar-refractivity contribution in [1.82, 2.24) is 9.88 Å². The van der Waals surface area contributed by atoms with E-state index in [-0.39, 0.29) is 5.92 Å². The minimum Gasteiger partial charge on any atom is -0.497 e. The molecular weight excluding hydrogens is 519 g/mol. The van der Waals surface area contributed by atoms with Crippen LogP contribution in [0.1, 0.15) is 30.9 Å². The Morgan fingerprint density at radius 1 is 1.25 bits per heavy atom. The molecule has 36 heavy (non-hydrogen) atoms. The molecule has 2 heterocycles. The van der Waals surface area contributed by atoms with Crippen molar-refractivity contribution in [2.24, 2.45) is 11.8 Å². The molecule has 0 unspecified atom stereocenters. The Kier molecular flexibility index (Phi) is 9.36. The van der Waals surface area contributed by atoms with E-state index in [1.54, 1.807) is 25.1 Å². The van der Waals surface area contributed by atoms with Crippen LogP contribution in [0, 0.1) is 11.8 Å². The molecule has 1 aliphatic rings. The normalized spacial score (nSPS) is 19.3. The minimum absolute atomic E-state index is 0.0155. The second-order valence-electron chi connectivity index (χ2n) is 9.07. The summed E-state index contributed by atoms with van der Waals surface area (Å²) in [6, 6.07) is 12.9. The predicted octanol–water partition coefficient (Wildman–Crippen LogP) is 6.18. The van der Waals surface area contributed by atoms with Crippen LogP contribution in [0.4, 0.5) is 0 Å². The number of fused-ring (bicyclic) bond motifs is 1. The van der Waals surface area contributed by atoms with E-state index < -0.39 is 18.0 Å². The molecule has 6 nitrogen and oxygen atoms in total. The molecule has 0 amide bonds. The average Bonchev–Trinajstić information content (AvgIpc) is 2.88. The van der Waals surface area contributed by atoms with E-state index in [2.05, 4.69) is 9.88 Å². The van der Waals surface area contributed by atoms with Gasteiger partial charge >= 0.3 is 5.97 Å². The maximum Gasteiger partial charge on any atom is 0.308 e. The highest BCUT2D eigenvalue weighted by atomic mass is 35.5. The molecule has 2 N–H and O–H groups in total.